The first-order valence-corrected chi connectivity index (χ1v) is 17.0. The Morgan fingerprint density at radius 1 is 0.549 bits per heavy atom. The molecule has 0 spiro atoms. The molecule has 0 aliphatic heterocycles. The molecule has 2 aromatic heterocycles. The van der Waals surface area contributed by atoms with Crippen molar-refractivity contribution in [3.8, 4) is 51.8 Å². The molecule has 2 heterocycles. The van der Waals surface area contributed by atoms with Crippen molar-refractivity contribution in [1.29, 1.82) is 15.8 Å². The standard InChI is InChI=1S/C46H29N5/c1-29-14-20-37-38-25-30(26-47)15-22-44(38)51(46(37)24-29)45-23-21-33(39(27-48)40(45)28-49)31-16-18-32(19-17-31)34-8-2-5-11-41(34)50-42-12-6-3-9-35(42)36-10-4-7-13-43(36)50/h2-23,25,29H,24H2,1H3. The normalized spacial score (nSPS) is 13.6. The molecule has 5 nitrogen and oxygen atoms in total. The van der Waals surface area contributed by atoms with Crippen molar-refractivity contribution in [2.75, 3.05) is 0 Å². The van der Waals surface area contributed by atoms with Crippen LogP contribution < -0.4 is 0 Å². The van der Waals surface area contributed by atoms with E-state index in [9.17, 15) is 15.8 Å². The van der Waals surface area contributed by atoms with E-state index in [2.05, 4.69) is 131 Å². The Labute approximate surface area is 295 Å². The number of aromatic nitrogens is 2. The van der Waals surface area contributed by atoms with Crippen LogP contribution in [0.1, 0.15) is 34.9 Å². The first-order valence-electron chi connectivity index (χ1n) is 17.0. The van der Waals surface area contributed by atoms with E-state index in [-0.39, 0.29) is 0 Å². The largest absolute Gasteiger partial charge is 0.312 e. The van der Waals surface area contributed by atoms with Gasteiger partial charge in [0.1, 0.15) is 12.1 Å². The van der Waals surface area contributed by atoms with Gasteiger partial charge in [-0.2, -0.15) is 15.8 Å². The van der Waals surface area contributed by atoms with Crippen LogP contribution in [-0.4, -0.2) is 9.13 Å². The van der Waals surface area contributed by atoms with E-state index in [0.717, 1.165) is 62.0 Å². The van der Waals surface area contributed by atoms with Gasteiger partial charge in [0.25, 0.3) is 0 Å². The van der Waals surface area contributed by atoms with Crippen LogP contribution >= 0.6 is 0 Å². The summed E-state index contributed by atoms with van der Waals surface area (Å²) in [5, 5.41) is 34.2. The fourth-order valence-corrected chi connectivity index (χ4v) is 7.91. The highest BCUT2D eigenvalue weighted by Gasteiger charge is 2.25. The van der Waals surface area contributed by atoms with Crippen LogP contribution in [0.15, 0.2) is 133 Å². The number of para-hydroxylation sites is 3. The van der Waals surface area contributed by atoms with Crippen molar-refractivity contribution in [1.82, 2.24) is 9.13 Å². The number of nitriles is 3. The maximum Gasteiger partial charge on any atom is 0.103 e. The van der Waals surface area contributed by atoms with E-state index < -0.39 is 0 Å². The second-order valence-electron chi connectivity index (χ2n) is 13.2. The lowest BCUT2D eigenvalue weighted by molar-refractivity contribution is 0.690. The summed E-state index contributed by atoms with van der Waals surface area (Å²) in [6.07, 6.45) is 5.09. The molecule has 8 aromatic rings. The molecule has 1 aliphatic rings. The average Bonchev–Trinajstić information content (AvgIpc) is 3.69. The molecule has 6 aromatic carbocycles. The van der Waals surface area contributed by atoms with Crippen LogP contribution in [0.5, 0.6) is 0 Å². The summed E-state index contributed by atoms with van der Waals surface area (Å²) in [5.41, 5.74) is 12.1. The van der Waals surface area contributed by atoms with Crippen LogP contribution in [0.3, 0.4) is 0 Å². The monoisotopic (exact) mass is 651 g/mol. The number of nitrogens with zero attached hydrogens (tertiary/aromatic N) is 5. The van der Waals surface area contributed by atoms with Gasteiger partial charge >= 0.3 is 0 Å². The molecule has 1 unspecified atom stereocenters. The molecule has 0 fully saturated rings. The number of hydrogen-bond acceptors (Lipinski definition) is 3. The third kappa shape index (κ3) is 4.59. The minimum absolute atomic E-state index is 0.315. The van der Waals surface area contributed by atoms with Crippen molar-refractivity contribution in [2.45, 2.75) is 13.3 Å². The number of benzene rings is 6. The topological polar surface area (TPSA) is 81.2 Å². The van der Waals surface area contributed by atoms with E-state index in [1.165, 1.54) is 10.8 Å². The maximum atomic E-state index is 10.6. The Kier molecular flexibility index (Phi) is 6.92. The summed E-state index contributed by atoms with van der Waals surface area (Å²) >= 11 is 0. The molecule has 0 radical (unpaired) electrons. The third-order valence-electron chi connectivity index (χ3n) is 10.2. The predicted octanol–water partition coefficient (Wildman–Crippen LogP) is 10.9. The number of fused-ring (bicyclic) bond motifs is 6. The first-order chi connectivity index (χ1) is 25.1. The minimum Gasteiger partial charge on any atom is -0.312 e. The van der Waals surface area contributed by atoms with Gasteiger partial charge < -0.3 is 9.13 Å². The van der Waals surface area contributed by atoms with Gasteiger partial charge in [0.15, 0.2) is 0 Å². The molecule has 0 saturated heterocycles. The van der Waals surface area contributed by atoms with Crippen molar-refractivity contribution in [2.24, 2.45) is 5.92 Å². The Hall–Kier alpha value is -7.13. The highest BCUT2D eigenvalue weighted by Crippen LogP contribution is 2.40. The fourth-order valence-electron chi connectivity index (χ4n) is 7.91. The van der Waals surface area contributed by atoms with Crippen molar-refractivity contribution in [3.63, 3.8) is 0 Å². The number of rotatable bonds is 4. The van der Waals surface area contributed by atoms with Crippen LogP contribution in [0.2, 0.25) is 0 Å². The van der Waals surface area contributed by atoms with Crippen LogP contribution in [-0.2, 0) is 6.42 Å². The SMILES string of the molecule is CC1C=Cc2c(n(-c3ccc(-c4ccc(-c5ccccc5-n5c6ccccc6c6ccccc65)cc4)c(C#N)c3C#N)c3ccc(C#N)cc23)C1. The van der Waals surface area contributed by atoms with Crippen LogP contribution in [0.4, 0.5) is 0 Å². The van der Waals surface area contributed by atoms with Gasteiger partial charge in [-0.15, -0.1) is 0 Å². The second-order valence-corrected chi connectivity index (χ2v) is 13.2. The number of hydrogen-bond donors (Lipinski definition) is 0. The first kappa shape index (κ1) is 30.0. The van der Waals surface area contributed by atoms with Crippen molar-refractivity contribution < 1.29 is 0 Å². The molecule has 0 amide bonds. The summed E-state index contributed by atoms with van der Waals surface area (Å²) in [7, 11) is 0. The average molecular weight is 652 g/mol. The van der Waals surface area contributed by atoms with Crippen LogP contribution in [0.25, 0.3) is 72.4 Å². The van der Waals surface area contributed by atoms with E-state index in [0.29, 0.717) is 33.9 Å². The molecule has 238 valence electrons. The summed E-state index contributed by atoms with van der Waals surface area (Å²) in [5.74, 6) is 0.315. The zero-order chi connectivity index (χ0) is 34.6. The number of allylic oxidation sites excluding steroid dienone is 1. The summed E-state index contributed by atoms with van der Waals surface area (Å²) in [6, 6.07) is 50.4. The van der Waals surface area contributed by atoms with Gasteiger partial charge in [0, 0.05) is 38.5 Å². The van der Waals surface area contributed by atoms with E-state index >= 15 is 0 Å². The second kappa shape index (κ2) is 11.8. The molecule has 0 saturated carbocycles. The molecule has 51 heavy (non-hydrogen) atoms. The van der Waals surface area contributed by atoms with Crippen molar-refractivity contribution in [3.05, 3.63) is 161 Å². The summed E-state index contributed by atoms with van der Waals surface area (Å²) < 4.78 is 4.45. The predicted molar refractivity (Wildman–Crippen MR) is 205 cm³/mol. The molecule has 9 rings (SSSR count). The quantitative estimate of drug-likeness (QED) is 0.190. The summed E-state index contributed by atoms with van der Waals surface area (Å²) in [4.78, 5) is 0. The van der Waals surface area contributed by atoms with E-state index in [4.69, 9.17) is 0 Å². The van der Waals surface area contributed by atoms with Gasteiger partial charge in [-0.3, -0.25) is 0 Å². The zero-order valence-electron chi connectivity index (χ0n) is 27.8. The molecule has 5 heteroatoms. The molecular weight excluding hydrogens is 623 g/mol. The molecular formula is C46H29N5. The third-order valence-corrected chi connectivity index (χ3v) is 10.2. The van der Waals surface area contributed by atoms with Gasteiger partial charge in [0.05, 0.1) is 50.7 Å². The highest BCUT2D eigenvalue weighted by molar-refractivity contribution is 6.09. The maximum absolute atomic E-state index is 10.6. The van der Waals surface area contributed by atoms with Crippen molar-refractivity contribution >= 4 is 38.8 Å². The lowest BCUT2D eigenvalue weighted by Gasteiger charge is -2.19. The Balaban J connectivity index is 1.17. The highest BCUT2D eigenvalue weighted by atomic mass is 15.0. The Bertz CT molecular complexity index is 2830. The van der Waals surface area contributed by atoms with E-state index in [1.807, 2.05) is 42.5 Å². The van der Waals surface area contributed by atoms with Gasteiger partial charge in [-0.1, -0.05) is 104 Å². The fraction of sp³-hybridized carbons (Fsp3) is 0.0652. The molecule has 1 atom stereocenters. The van der Waals surface area contributed by atoms with Gasteiger partial charge in [-0.25, -0.2) is 0 Å². The van der Waals surface area contributed by atoms with Gasteiger partial charge in [-0.05, 0) is 65.9 Å². The minimum atomic E-state index is 0.315. The molecule has 1 aliphatic carbocycles. The molecule has 0 bridgehead atoms. The summed E-state index contributed by atoms with van der Waals surface area (Å²) in [6.45, 7) is 2.17. The van der Waals surface area contributed by atoms with Gasteiger partial charge in [0.2, 0.25) is 0 Å². The smallest absolute Gasteiger partial charge is 0.103 e. The Morgan fingerprint density at radius 2 is 1.18 bits per heavy atom. The zero-order valence-corrected chi connectivity index (χ0v) is 27.8. The lowest BCUT2D eigenvalue weighted by atomic mass is 9.92. The molecule has 0 N–H and O–H groups in total. The van der Waals surface area contributed by atoms with E-state index in [1.54, 1.807) is 0 Å². The Morgan fingerprint density at radius 3 is 1.86 bits per heavy atom. The van der Waals surface area contributed by atoms with Crippen LogP contribution in [0, 0.1) is 39.9 Å². The lowest BCUT2D eigenvalue weighted by Crippen LogP contribution is -2.10.